The van der Waals surface area contributed by atoms with Gasteiger partial charge in [-0.1, -0.05) is 12.1 Å². The maximum absolute atomic E-state index is 12.3. The Labute approximate surface area is 126 Å². The lowest BCUT2D eigenvalue weighted by Gasteiger charge is -2.06. The van der Waals surface area contributed by atoms with E-state index in [4.69, 9.17) is 0 Å². The summed E-state index contributed by atoms with van der Waals surface area (Å²) in [5.41, 5.74) is 3.79. The largest absolute Gasteiger partial charge is 0.322 e. The van der Waals surface area contributed by atoms with Gasteiger partial charge in [-0.3, -0.25) is 9.89 Å². The van der Waals surface area contributed by atoms with Crippen molar-refractivity contribution < 1.29 is 4.79 Å². The van der Waals surface area contributed by atoms with Crippen molar-refractivity contribution in [3.63, 3.8) is 0 Å². The number of anilines is 1. The zero-order chi connectivity index (χ0) is 14.8. The van der Waals surface area contributed by atoms with E-state index < -0.39 is 0 Å². The van der Waals surface area contributed by atoms with Gasteiger partial charge < -0.3 is 5.32 Å². The molecule has 0 aliphatic heterocycles. The molecule has 106 valence electrons. The lowest BCUT2D eigenvalue weighted by molar-refractivity contribution is 0.102. The summed E-state index contributed by atoms with van der Waals surface area (Å²) in [6, 6.07) is 7.66. The molecule has 21 heavy (non-hydrogen) atoms. The minimum absolute atomic E-state index is 0.157. The number of carbonyl (C=O) groups excluding carboxylic acids is 1. The van der Waals surface area contributed by atoms with Gasteiger partial charge in [0, 0.05) is 28.5 Å². The highest BCUT2D eigenvalue weighted by Gasteiger charge is 2.15. The number of H-pyrrole nitrogens is 1. The van der Waals surface area contributed by atoms with Gasteiger partial charge in [-0.05, 0) is 26.0 Å². The Morgan fingerprint density at radius 2 is 2.19 bits per heavy atom. The van der Waals surface area contributed by atoms with Crippen LogP contribution in [-0.4, -0.2) is 21.1 Å². The van der Waals surface area contributed by atoms with Crippen LogP contribution in [-0.2, 0) is 0 Å². The quantitative estimate of drug-likeness (QED) is 0.778. The van der Waals surface area contributed by atoms with Crippen molar-refractivity contribution in [1.29, 1.82) is 0 Å². The molecule has 3 aromatic rings. The maximum Gasteiger partial charge on any atom is 0.259 e. The van der Waals surface area contributed by atoms with Crippen LogP contribution in [0.3, 0.4) is 0 Å². The second-order valence-electron chi connectivity index (χ2n) is 4.68. The number of hydrogen-bond donors (Lipinski definition) is 2. The molecule has 1 amide bonds. The lowest BCUT2D eigenvalue weighted by Crippen LogP contribution is -2.13. The van der Waals surface area contributed by atoms with Gasteiger partial charge in [-0.15, -0.1) is 11.3 Å². The summed E-state index contributed by atoms with van der Waals surface area (Å²) >= 11 is 1.57. The van der Waals surface area contributed by atoms with Gasteiger partial charge in [0.05, 0.1) is 11.3 Å². The second-order valence-corrected chi connectivity index (χ2v) is 5.58. The van der Waals surface area contributed by atoms with Gasteiger partial charge in [0.1, 0.15) is 5.01 Å². The smallest absolute Gasteiger partial charge is 0.259 e. The first-order chi connectivity index (χ1) is 10.1. The zero-order valence-electron chi connectivity index (χ0n) is 11.7. The molecule has 2 N–H and O–H groups in total. The van der Waals surface area contributed by atoms with E-state index in [2.05, 4.69) is 20.5 Å². The molecule has 1 aromatic carbocycles. The molecule has 2 heterocycles. The number of rotatable bonds is 3. The van der Waals surface area contributed by atoms with Crippen molar-refractivity contribution in [1.82, 2.24) is 15.2 Å². The topological polar surface area (TPSA) is 70.7 Å². The molecule has 0 atom stereocenters. The van der Waals surface area contributed by atoms with E-state index in [0.717, 1.165) is 22.0 Å². The number of aromatic nitrogens is 3. The minimum Gasteiger partial charge on any atom is -0.322 e. The number of thiazole rings is 1. The number of hydrogen-bond acceptors (Lipinski definition) is 4. The molecule has 2 aromatic heterocycles. The summed E-state index contributed by atoms with van der Waals surface area (Å²) in [5.74, 6) is -0.157. The van der Waals surface area contributed by atoms with Gasteiger partial charge in [-0.25, -0.2) is 4.98 Å². The Morgan fingerprint density at radius 3 is 2.86 bits per heavy atom. The molecular formula is C15H14N4OS. The van der Waals surface area contributed by atoms with Gasteiger partial charge in [0.15, 0.2) is 0 Å². The molecule has 6 heteroatoms. The van der Waals surface area contributed by atoms with E-state index in [-0.39, 0.29) is 5.91 Å². The van der Waals surface area contributed by atoms with Crippen LogP contribution < -0.4 is 5.32 Å². The third kappa shape index (κ3) is 2.71. The molecule has 0 aliphatic rings. The van der Waals surface area contributed by atoms with Gasteiger partial charge in [0.2, 0.25) is 0 Å². The Morgan fingerprint density at radius 1 is 1.33 bits per heavy atom. The van der Waals surface area contributed by atoms with Crippen molar-refractivity contribution in [2.45, 2.75) is 13.8 Å². The van der Waals surface area contributed by atoms with E-state index in [0.29, 0.717) is 11.3 Å². The van der Waals surface area contributed by atoms with E-state index in [9.17, 15) is 4.79 Å². The van der Waals surface area contributed by atoms with E-state index in [1.165, 1.54) is 0 Å². The highest BCUT2D eigenvalue weighted by molar-refractivity contribution is 7.13. The Hall–Kier alpha value is -2.47. The molecule has 0 unspecified atom stereocenters. The van der Waals surface area contributed by atoms with Crippen LogP contribution in [0.2, 0.25) is 0 Å². The first-order valence-corrected chi connectivity index (χ1v) is 7.36. The van der Waals surface area contributed by atoms with Crippen LogP contribution in [0.15, 0.2) is 35.8 Å². The molecule has 0 radical (unpaired) electrons. The summed E-state index contributed by atoms with van der Waals surface area (Å²) in [6.45, 7) is 3.64. The van der Waals surface area contributed by atoms with Crippen molar-refractivity contribution in [2.24, 2.45) is 0 Å². The number of aryl methyl sites for hydroxylation is 2. The van der Waals surface area contributed by atoms with Crippen molar-refractivity contribution >= 4 is 22.9 Å². The second kappa shape index (κ2) is 5.49. The van der Waals surface area contributed by atoms with Crippen molar-refractivity contribution in [3.05, 3.63) is 52.8 Å². The minimum atomic E-state index is -0.157. The monoisotopic (exact) mass is 298 g/mol. The van der Waals surface area contributed by atoms with Crippen LogP contribution in [0, 0.1) is 13.8 Å². The average molecular weight is 298 g/mol. The summed E-state index contributed by atoms with van der Waals surface area (Å²) in [4.78, 5) is 16.6. The average Bonchev–Trinajstić information content (AvgIpc) is 3.09. The van der Waals surface area contributed by atoms with Crippen LogP contribution in [0.25, 0.3) is 10.6 Å². The number of nitrogens with zero attached hydrogens (tertiary/aromatic N) is 2. The summed E-state index contributed by atoms with van der Waals surface area (Å²) in [6.07, 6.45) is 1.77. The normalized spacial score (nSPS) is 10.6. The molecule has 0 bridgehead atoms. The molecule has 0 spiro atoms. The highest BCUT2D eigenvalue weighted by atomic mass is 32.1. The number of amides is 1. The summed E-state index contributed by atoms with van der Waals surface area (Å²) in [5, 5.41) is 12.6. The van der Waals surface area contributed by atoms with Crippen LogP contribution in [0.4, 0.5) is 5.69 Å². The first kappa shape index (κ1) is 13.5. The highest BCUT2D eigenvalue weighted by Crippen LogP contribution is 2.24. The summed E-state index contributed by atoms with van der Waals surface area (Å²) < 4.78 is 0. The molecule has 3 rings (SSSR count). The van der Waals surface area contributed by atoms with Gasteiger partial charge in [-0.2, -0.15) is 5.10 Å². The van der Waals surface area contributed by atoms with Crippen LogP contribution in [0.5, 0.6) is 0 Å². The predicted octanol–water partition coefficient (Wildman–Crippen LogP) is 3.40. The van der Waals surface area contributed by atoms with E-state index in [1.54, 1.807) is 17.5 Å². The van der Waals surface area contributed by atoms with Crippen molar-refractivity contribution in [3.8, 4) is 10.6 Å². The fourth-order valence-electron chi connectivity index (χ4n) is 2.18. The SMILES string of the molecule is Cc1n[nH]c(C)c1C(=O)Nc1cccc(-c2nccs2)c1. The van der Waals surface area contributed by atoms with Gasteiger partial charge in [0.25, 0.3) is 5.91 Å². The molecular weight excluding hydrogens is 284 g/mol. The maximum atomic E-state index is 12.3. The molecule has 0 aliphatic carbocycles. The molecule has 0 fully saturated rings. The van der Waals surface area contributed by atoms with Gasteiger partial charge >= 0.3 is 0 Å². The zero-order valence-corrected chi connectivity index (χ0v) is 12.5. The number of aromatic amines is 1. The lowest BCUT2D eigenvalue weighted by atomic mass is 10.1. The standard InChI is InChI=1S/C15H14N4OS/c1-9-13(10(2)19-18-9)14(20)17-12-5-3-4-11(8-12)15-16-6-7-21-15/h3-8H,1-2H3,(H,17,20)(H,18,19). The van der Waals surface area contributed by atoms with Crippen LogP contribution in [0.1, 0.15) is 21.7 Å². The molecule has 0 saturated carbocycles. The Kier molecular flexibility index (Phi) is 3.53. The third-order valence-corrected chi connectivity index (χ3v) is 3.98. The van der Waals surface area contributed by atoms with E-state index >= 15 is 0 Å². The fraction of sp³-hybridized carbons (Fsp3) is 0.133. The third-order valence-electron chi connectivity index (χ3n) is 3.15. The number of nitrogens with one attached hydrogen (secondary N) is 2. The van der Waals surface area contributed by atoms with Crippen molar-refractivity contribution in [2.75, 3.05) is 5.32 Å². The fourth-order valence-corrected chi connectivity index (χ4v) is 2.81. The molecule has 0 saturated heterocycles. The predicted molar refractivity (Wildman–Crippen MR) is 83.6 cm³/mol. The Bertz CT molecular complexity index is 757. The first-order valence-electron chi connectivity index (χ1n) is 6.48. The van der Waals surface area contributed by atoms with E-state index in [1.807, 2.05) is 43.5 Å². The van der Waals surface area contributed by atoms with Crippen LogP contribution >= 0.6 is 11.3 Å². The summed E-state index contributed by atoms with van der Waals surface area (Å²) in [7, 11) is 0. The molecule has 5 nitrogen and oxygen atoms in total. The number of benzene rings is 1. The Balaban J connectivity index is 1.86. The number of carbonyl (C=O) groups is 1.